The second-order valence-corrected chi connectivity index (χ2v) is 5.67. The molecule has 1 heterocycles. The lowest BCUT2D eigenvalue weighted by Gasteiger charge is -2.19. The van der Waals surface area contributed by atoms with Crippen LogP contribution in [0.5, 0.6) is 0 Å². The van der Waals surface area contributed by atoms with Crippen LogP contribution in [0.4, 0.5) is 4.39 Å². The maximum atomic E-state index is 14.2. The van der Waals surface area contributed by atoms with E-state index in [0.717, 1.165) is 10.2 Å². The van der Waals surface area contributed by atoms with E-state index in [-0.39, 0.29) is 10.8 Å². The van der Waals surface area contributed by atoms with Crippen LogP contribution in [0.25, 0.3) is 10.8 Å². The number of halogens is 1. The summed E-state index contributed by atoms with van der Waals surface area (Å²) in [5, 5.41) is 12.7. The van der Waals surface area contributed by atoms with Crippen molar-refractivity contribution in [1.82, 2.24) is 9.78 Å². The van der Waals surface area contributed by atoms with Crippen LogP contribution in [-0.4, -0.2) is 20.9 Å². The van der Waals surface area contributed by atoms with Crippen LogP contribution < -0.4 is 5.56 Å². The lowest BCUT2D eigenvalue weighted by atomic mass is 9.86. The van der Waals surface area contributed by atoms with Gasteiger partial charge in [0.05, 0.1) is 11.6 Å². The van der Waals surface area contributed by atoms with Gasteiger partial charge in [0.25, 0.3) is 5.56 Å². The average molecular weight is 278 g/mol. The molecule has 0 atom stereocenters. The van der Waals surface area contributed by atoms with Gasteiger partial charge in [0, 0.05) is 5.39 Å². The summed E-state index contributed by atoms with van der Waals surface area (Å²) >= 11 is 0. The number of carboxylic acid groups (broad SMARTS) is 1. The first kappa shape index (κ1) is 14.2. The standard InChI is InChI=1S/C14H15FN2O3/c1-14(2,3)9-4-8-6-16-17(7-11(18)19)13(20)12(8)10(15)5-9/h4-6H,7H2,1-3H3,(H,18,19). The Morgan fingerprint density at radius 1 is 1.40 bits per heavy atom. The topological polar surface area (TPSA) is 72.2 Å². The largest absolute Gasteiger partial charge is 0.480 e. The van der Waals surface area contributed by atoms with E-state index in [4.69, 9.17) is 5.11 Å². The van der Waals surface area contributed by atoms with Crippen molar-refractivity contribution in [2.45, 2.75) is 32.7 Å². The number of hydrogen-bond acceptors (Lipinski definition) is 3. The SMILES string of the molecule is CC(C)(C)c1cc(F)c2c(=O)n(CC(=O)O)ncc2c1. The molecule has 0 unspecified atom stereocenters. The fourth-order valence-corrected chi connectivity index (χ4v) is 1.94. The number of carboxylic acids is 1. The van der Waals surface area contributed by atoms with Crippen molar-refractivity contribution in [3.8, 4) is 0 Å². The fraction of sp³-hybridized carbons (Fsp3) is 0.357. The zero-order valence-corrected chi connectivity index (χ0v) is 11.5. The molecule has 0 fully saturated rings. The van der Waals surface area contributed by atoms with E-state index < -0.39 is 23.9 Å². The number of benzene rings is 1. The van der Waals surface area contributed by atoms with Crippen molar-refractivity contribution in [1.29, 1.82) is 0 Å². The first-order chi connectivity index (χ1) is 9.20. The Morgan fingerprint density at radius 3 is 2.60 bits per heavy atom. The second kappa shape index (κ2) is 4.70. The van der Waals surface area contributed by atoms with Gasteiger partial charge in [0.1, 0.15) is 12.4 Å². The number of nitrogens with zero attached hydrogens (tertiary/aromatic N) is 2. The molecule has 0 aliphatic carbocycles. The van der Waals surface area contributed by atoms with Crippen LogP contribution in [0, 0.1) is 5.82 Å². The van der Waals surface area contributed by atoms with Crippen LogP contribution >= 0.6 is 0 Å². The van der Waals surface area contributed by atoms with E-state index in [2.05, 4.69) is 5.10 Å². The molecule has 5 nitrogen and oxygen atoms in total. The monoisotopic (exact) mass is 278 g/mol. The highest BCUT2D eigenvalue weighted by molar-refractivity contribution is 5.82. The summed E-state index contributed by atoms with van der Waals surface area (Å²) in [6.45, 7) is 5.22. The van der Waals surface area contributed by atoms with Gasteiger partial charge in [-0.15, -0.1) is 0 Å². The minimum atomic E-state index is -1.20. The highest BCUT2D eigenvalue weighted by Crippen LogP contribution is 2.26. The molecular weight excluding hydrogens is 263 g/mol. The third-order valence-electron chi connectivity index (χ3n) is 3.06. The van der Waals surface area contributed by atoms with E-state index in [9.17, 15) is 14.0 Å². The van der Waals surface area contributed by atoms with Gasteiger partial charge in [-0.1, -0.05) is 20.8 Å². The Kier molecular flexibility index (Phi) is 3.33. The van der Waals surface area contributed by atoms with Crippen molar-refractivity contribution in [3.05, 3.63) is 40.1 Å². The smallest absolute Gasteiger partial charge is 0.325 e. The number of hydrogen-bond donors (Lipinski definition) is 1. The molecule has 0 radical (unpaired) electrons. The second-order valence-electron chi connectivity index (χ2n) is 5.67. The third-order valence-corrected chi connectivity index (χ3v) is 3.06. The highest BCUT2D eigenvalue weighted by atomic mass is 19.1. The Labute approximate surface area is 114 Å². The molecule has 20 heavy (non-hydrogen) atoms. The van der Waals surface area contributed by atoms with Crippen LogP contribution in [0.15, 0.2) is 23.1 Å². The molecule has 0 aliphatic heterocycles. The zero-order chi connectivity index (χ0) is 15.1. The molecule has 0 spiro atoms. The third kappa shape index (κ3) is 2.54. The molecule has 1 N–H and O–H groups in total. The molecular formula is C14H15FN2O3. The van der Waals surface area contributed by atoms with Crippen LogP contribution in [-0.2, 0) is 16.8 Å². The molecule has 1 aromatic heterocycles. The lowest BCUT2D eigenvalue weighted by molar-refractivity contribution is -0.138. The van der Waals surface area contributed by atoms with Crippen molar-refractivity contribution < 1.29 is 14.3 Å². The number of aliphatic carboxylic acids is 1. The molecule has 2 aromatic rings. The molecule has 1 aromatic carbocycles. The predicted molar refractivity (Wildman–Crippen MR) is 72.3 cm³/mol. The highest BCUT2D eigenvalue weighted by Gasteiger charge is 2.18. The Balaban J connectivity index is 2.72. The van der Waals surface area contributed by atoms with Gasteiger partial charge in [-0.3, -0.25) is 9.59 Å². The predicted octanol–water partition coefficient (Wildman–Crippen LogP) is 1.92. The van der Waals surface area contributed by atoms with E-state index in [1.807, 2.05) is 20.8 Å². The first-order valence-electron chi connectivity index (χ1n) is 6.12. The summed E-state index contributed by atoms with van der Waals surface area (Å²) < 4.78 is 14.9. The molecule has 2 rings (SSSR count). The quantitative estimate of drug-likeness (QED) is 0.911. The van der Waals surface area contributed by atoms with Crippen LogP contribution in [0.2, 0.25) is 0 Å². The summed E-state index contributed by atoms with van der Waals surface area (Å²) in [6, 6.07) is 3.02. The van der Waals surface area contributed by atoms with Crippen molar-refractivity contribution in [2.75, 3.05) is 0 Å². The number of aromatic nitrogens is 2. The van der Waals surface area contributed by atoms with Crippen molar-refractivity contribution in [2.24, 2.45) is 0 Å². The molecule has 0 bridgehead atoms. The van der Waals surface area contributed by atoms with Gasteiger partial charge in [-0.2, -0.15) is 5.10 Å². The van der Waals surface area contributed by atoms with Gasteiger partial charge >= 0.3 is 5.97 Å². The zero-order valence-electron chi connectivity index (χ0n) is 11.5. The van der Waals surface area contributed by atoms with Gasteiger partial charge in [0.15, 0.2) is 0 Å². The van der Waals surface area contributed by atoms with Gasteiger partial charge in [0.2, 0.25) is 0 Å². The van der Waals surface area contributed by atoms with E-state index >= 15 is 0 Å². The lowest BCUT2D eigenvalue weighted by Crippen LogP contribution is -2.27. The van der Waals surface area contributed by atoms with E-state index in [0.29, 0.717) is 5.39 Å². The van der Waals surface area contributed by atoms with Gasteiger partial charge < -0.3 is 5.11 Å². The fourth-order valence-electron chi connectivity index (χ4n) is 1.94. The Morgan fingerprint density at radius 2 is 2.05 bits per heavy atom. The summed E-state index contributed by atoms with van der Waals surface area (Å²) in [4.78, 5) is 22.7. The minimum absolute atomic E-state index is 0.130. The van der Waals surface area contributed by atoms with E-state index in [1.54, 1.807) is 6.07 Å². The maximum absolute atomic E-state index is 14.2. The average Bonchev–Trinajstić information content (AvgIpc) is 2.30. The van der Waals surface area contributed by atoms with Crippen LogP contribution in [0.3, 0.4) is 0 Å². The number of fused-ring (bicyclic) bond motifs is 1. The van der Waals surface area contributed by atoms with Crippen LogP contribution in [0.1, 0.15) is 26.3 Å². The molecule has 106 valence electrons. The van der Waals surface area contributed by atoms with Gasteiger partial charge in [-0.05, 0) is 23.1 Å². The normalized spacial score (nSPS) is 11.8. The maximum Gasteiger partial charge on any atom is 0.325 e. The first-order valence-corrected chi connectivity index (χ1v) is 6.12. The molecule has 0 saturated heterocycles. The Bertz CT molecular complexity index is 744. The summed E-state index contributed by atoms with van der Waals surface area (Å²) in [7, 11) is 0. The minimum Gasteiger partial charge on any atom is -0.480 e. The number of carbonyl (C=O) groups is 1. The molecule has 0 saturated carbocycles. The Hall–Kier alpha value is -2.24. The summed E-state index contributed by atoms with van der Waals surface area (Å²) in [6.07, 6.45) is 1.32. The van der Waals surface area contributed by atoms with Gasteiger partial charge in [-0.25, -0.2) is 9.07 Å². The van der Waals surface area contributed by atoms with Crippen molar-refractivity contribution in [3.63, 3.8) is 0 Å². The van der Waals surface area contributed by atoms with Crippen molar-refractivity contribution >= 4 is 16.7 Å². The van der Waals surface area contributed by atoms with E-state index in [1.165, 1.54) is 12.3 Å². The summed E-state index contributed by atoms with van der Waals surface area (Å²) in [5.41, 5.74) is -0.243. The molecule has 6 heteroatoms. The summed E-state index contributed by atoms with van der Waals surface area (Å²) in [5.74, 6) is -1.86. The molecule has 0 amide bonds. The number of rotatable bonds is 2. The molecule has 0 aliphatic rings.